The lowest BCUT2D eigenvalue weighted by molar-refractivity contribution is 0.102. The SMILES string of the molecule is Cc1cc(NC(=O)c2cncc(-c3ccc4c(c3)CCO4)c2)cs1. The third-order valence-electron chi connectivity index (χ3n) is 4.01. The summed E-state index contributed by atoms with van der Waals surface area (Å²) >= 11 is 1.61. The number of thiophene rings is 1. The molecule has 2 aromatic heterocycles. The number of amides is 1. The van der Waals surface area contributed by atoms with Crippen LogP contribution in [0.4, 0.5) is 5.69 Å². The summed E-state index contributed by atoms with van der Waals surface area (Å²) in [7, 11) is 0. The van der Waals surface area contributed by atoms with Gasteiger partial charge in [-0.25, -0.2) is 0 Å². The molecule has 0 saturated heterocycles. The van der Waals surface area contributed by atoms with E-state index in [0.29, 0.717) is 5.56 Å². The summed E-state index contributed by atoms with van der Waals surface area (Å²) in [5.74, 6) is 0.806. The number of benzene rings is 1. The van der Waals surface area contributed by atoms with Crippen molar-refractivity contribution in [1.29, 1.82) is 0 Å². The molecule has 5 heteroatoms. The van der Waals surface area contributed by atoms with Crippen molar-refractivity contribution in [2.75, 3.05) is 11.9 Å². The molecule has 4 nitrogen and oxygen atoms in total. The molecule has 3 heterocycles. The van der Waals surface area contributed by atoms with Crippen LogP contribution in [0.3, 0.4) is 0 Å². The maximum absolute atomic E-state index is 12.4. The smallest absolute Gasteiger partial charge is 0.257 e. The summed E-state index contributed by atoms with van der Waals surface area (Å²) in [6.07, 6.45) is 4.30. The topological polar surface area (TPSA) is 51.2 Å². The number of carbonyl (C=O) groups is 1. The molecule has 0 aliphatic carbocycles. The Morgan fingerprint density at radius 2 is 2.12 bits per heavy atom. The first-order valence-electron chi connectivity index (χ1n) is 7.77. The van der Waals surface area contributed by atoms with Crippen molar-refractivity contribution in [3.63, 3.8) is 0 Å². The molecule has 1 N–H and O–H groups in total. The predicted octanol–water partition coefficient (Wildman–Crippen LogP) is 4.31. The largest absolute Gasteiger partial charge is 0.493 e. The zero-order valence-corrected chi connectivity index (χ0v) is 14.0. The van der Waals surface area contributed by atoms with Gasteiger partial charge in [0.2, 0.25) is 0 Å². The van der Waals surface area contributed by atoms with Gasteiger partial charge in [0.15, 0.2) is 0 Å². The first kappa shape index (κ1) is 14.9. The van der Waals surface area contributed by atoms with Gasteiger partial charge in [-0.2, -0.15) is 0 Å². The molecule has 4 rings (SSSR count). The molecule has 0 unspecified atom stereocenters. The minimum absolute atomic E-state index is 0.147. The number of carbonyl (C=O) groups excluding carboxylic acids is 1. The van der Waals surface area contributed by atoms with E-state index in [1.165, 1.54) is 5.56 Å². The minimum Gasteiger partial charge on any atom is -0.493 e. The second-order valence-electron chi connectivity index (χ2n) is 5.78. The molecule has 1 aromatic carbocycles. The summed E-state index contributed by atoms with van der Waals surface area (Å²) in [4.78, 5) is 17.8. The van der Waals surface area contributed by atoms with Crippen molar-refractivity contribution in [3.05, 3.63) is 64.1 Å². The van der Waals surface area contributed by atoms with E-state index in [9.17, 15) is 4.79 Å². The Bertz CT molecular complexity index is 917. The van der Waals surface area contributed by atoms with Crippen molar-refractivity contribution < 1.29 is 9.53 Å². The molecule has 0 fully saturated rings. The fraction of sp³-hybridized carbons (Fsp3) is 0.158. The molecule has 0 radical (unpaired) electrons. The number of hydrogen-bond acceptors (Lipinski definition) is 4. The van der Waals surface area contributed by atoms with E-state index in [2.05, 4.69) is 16.4 Å². The highest BCUT2D eigenvalue weighted by atomic mass is 32.1. The number of fused-ring (bicyclic) bond motifs is 1. The number of aromatic nitrogens is 1. The van der Waals surface area contributed by atoms with Crippen molar-refractivity contribution in [2.24, 2.45) is 0 Å². The van der Waals surface area contributed by atoms with Gasteiger partial charge in [-0.3, -0.25) is 9.78 Å². The molecular formula is C19H16N2O2S. The lowest BCUT2D eigenvalue weighted by Gasteiger charge is -2.07. The summed E-state index contributed by atoms with van der Waals surface area (Å²) in [5.41, 5.74) is 4.55. The zero-order valence-electron chi connectivity index (χ0n) is 13.2. The van der Waals surface area contributed by atoms with Crippen molar-refractivity contribution in [3.8, 4) is 16.9 Å². The fourth-order valence-electron chi connectivity index (χ4n) is 2.80. The third-order valence-corrected chi connectivity index (χ3v) is 4.87. The van der Waals surface area contributed by atoms with E-state index >= 15 is 0 Å². The van der Waals surface area contributed by atoms with Gasteiger partial charge < -0.3 is 10.1 Å². The minimum atomic E-state index is -0.147. The molecule has 1 amide bonds. The first-order valence-corrected chi connectivity index (χ1v) is 8.65. The van der Waals surface area contributed by atoms with Gasteiger partial charge in [-0.15, -0.1) is 11.3 Å². The number of ether oxygens (including phenoxy) is 1. The average molecular weight is 336 g/mol. The molecule has 0 saturated carbocycles. The van der Waals surface area contributed by atoms with Crippen LogP contribution in [0.25, 0.3) is 11.1 Å². The number of nitrogens with zero attached hydrogens (tertiary/aromatic N) is 1. The van der Waals surface area contributed by atoms with Gasteiger partial charge in [0, 0.05) is 34.6 Å². The Morgan fingerprint density at radius 1 is 1.21 bits per heavy atom. The van der Waals surface area contributed by atoms with Gasteiger partial charge >= 0.3 is 0 Å². The Kier molecular flexibility index (Phi) is 3.78. The third kappa shape index (κ3) is 2.90. The Labute approximate surface area is 144 Å². The van der Waals surface area contributed by atoms with Crippen molar-refractivity contribution in [2.45, 2.75) is 13.3 Å². The predicted molar refractivity (Wildman–Crippen MR) is 95.9 cm³/mol. The number of nitrogens with one attached hydrogen (secondary N) is 1. The van der Waals surface area contributed by atoms with Gasteiger partial charge in [-0.05, 0) is 42.3 Å². The van der Waals surface area contributed by atoms with Crippen LogP contribution in [0.5, 0.6) is 5.75 Å². The van der Waals surface area contributed by atoms with Crippen LogP contribution in [-0.2, 0) is 6.42 Å². The Hall–Kier alpha value is -2.66. The molecular weight excluding hydrogens is 320 g/mol. The molecule has 120 valence electrons. The van der Waals surface area contributed by atoms with Crippen molar-refractivity contribution >= 4 is 22.9 Å². The van der Waals surface area contributed by atoms with Crippen LogP contribution < -0.4 is 10.1 Å². The summed E-state index contributed by atoms with van der Waals surface area (Å²) < 4.78 is 5.54. The van der Waals surface area contributed by atoms with Crippen LogP contribution >= 0.6 is 11.3 Å². The Morgan fingerprint density at radius 3 is 2.96 bits per heavy atom. The van der Waals surface area contributed by atoms with Crippen LogP contribution in [0, 0.1) is 6.92 Å². The molecule has 0 bridgehead atoms. The van der Waals surface area contributed by atoms with Crippen LogP contribution in [0.15, 0.2) is 48.1 Å². The summed E-state index contributed by atoms with van der Waals surface area (Å²) in [5, 5.41) is 4.85. The van der Waals surface area contributed by atoms with E-state index in [1.807, 2.05) is 36.6 Å². The molecule has 24 heavy (non-hydrogen) atoms. The maximum atomic E-state index is 12.4. The quantitative estimate of drug-likeness (QED) is 0.775. The zero-order chi connectivity index (χ0) is 16.5. The highest BCUT2D eigenvalue weighted by Gasteiger charge is 2.14. The number of aryl methyl sites for hydroxylation is 1. The fourth-order valence-corrected chi connectivity index (χ4v) is 3.44. The van der Waals surface area contributed by atoms with Crippen LogP contribution in [0.1, 0.15) is 20.8 Å². The molecule has 1 aliphatic heterocycles. The standard InChI is InChI=1S/C19H16N2O2S/c1-12-6-17(11-24-12)21-19(22)16-8-15(9-20-10-16)13-2-3-18-14(7-13)4-5-23-18/h2-3,6-11H,4-5H2,1H3,(H,21,22). The van der Waals surface area contributed by atoms with Gasteiger partial charge in [0.1, 0.15) is 5.75 Å². The summed E-state index contributed by atoms with van der Waals surface area (Å²) in [6, 6.07) is 9.94. The highest BCUT2D eigenvalue weighted by molar-refractivity contribution is 7.10. The summed E-state index contributed by atoms with van der Waals surface area (Å²) in [6.45, 7) is 2.75. The van der Waals surface area contributed by atoms with Crippen molar-refractivity contribution in [1.82, 2.24) is 4.98 Å². The first-order chi connectivity index (χ1) is 11.7. The normalized spacial score (nSPS) is 12.5. The van der Waals surface area contributed by atoms with Gasteiger partial charge in [0.05, 0.1) is 17.9 Å². The van der Waals surface area contributed by atoms with E-state index in [-0.39, 0.29) is 5.91 Å². The monoisotopic (exact) mass is 336 g/mol. The number of pyridine rings is 1. The number of anilines is 1. The number of hydrogen-bond donors (Lipinski definition) is 1. The van der Waals surface area contributed by atoms with E-state index in [0.717, 1.165) is 40.5 Å². The number of rotatable bonds is 3. The second-order valence-corrected chi connectivity index (χ2v) is 6.90. The maximum Gasteiger partial charge on any atom is 0.257 e. The molecule has 3 aromatic rings. The van der Waals surface area contributed by atoms with Gasteiger partial charge in [-0.1, -0.05) is 6.07 Å². The highest BCUT2D eigenvalue weighted by Crippen LogP contribution is 2.30. The van der Waals surface area contributed by atoms with Crippen LogP contribution in [-0.4, -0.2) is 17.5 Å². The van der Waals surface area contributed by atoms with E-state index in [1.54, 1.807) is 23.7 Å². The Balaban J connectivity index is 1.60. The lowest BCUT2D eigenvalue weighted by Crippen LogP contribution is -2.11. The van der Waals surface area contributed by atoms with E-state index < -0.39 is 0 Å². The average Bonchev–Trinajstić information content (AvgIpc) is 3.23. The van der Waals surface area contributed by atoms with Crippen LogP contribution in [0.2, 0.25) is 0 Å². The second kappa shape index (κ2) is 6.09. The lowest BCUT2D eigenvalue weighted by atomic mass is 10.0. The molecule has 1 aliphatic rings. The molecule has 0 spiro atoms. The molecule has 0 atom stereocenters. The van der Waals surface area contributed by atoms with E-state index in [4.69, 9.17) is 4.74 Å². The van der Waals surface area contributed by atoms with Gasteiger partial charge in [0.25, 0.3) is 5.91 Å².